The van der Waals surface area contributed by atoms with Crippen LogP contribution in [0.15, 0.2) is 24.3 Å². The number of carbonyl (C=O) groups is 1. The Kier molecular flexibility index (Phi) is 3.57. The molecular formula is C13H18N2O. The van der Waals surface area contributed by atoms with E-state index in [0.29, 0.717) is 0 Å². The molecule has 16 heavy (non-hydrogen) atoms. The van der Waals surface area contributed by atoms with Crippen LogP contribution in [0.4, 0.5) is 5.69 Å². The number of hydrogen-bond donors (Lipinski definition) is 1. The summed E-state index contributed by atoms with van der Waals surface area (Å²) >= 11 is 0. The van der Waals surface area contributed by atoms with Crippen molar-refractivity contribution in [1.29, 1.82) is 0 Å². The third-order valence-corrected chi connectivity index (χ3v) is 3.18. The molecule has 0 aromatic heterocycles. The summed E-state index contributed by atoms with van der Waals surface area (Å²) in [4.78, 5) is 13.0. The summed E-state index contributed by atoms with van der Waals surface area (Å²) in [5.74, 6) is 0.275. The highest BCUT2D eigenvalue weighted by atomic mass is 16.1. The zero-order valence-corrected chi connectivity index (χ0v) is 9.43. The molecule has 1 aliphatic heterocycles. The van der Waals surface area contributed by atoms with Crippen molar-refractivity contribution in [3.05, 3.63) is 29.8 Å². The lowest BCUT2D eigenvalue weighted by Gasteiger charge is -2.29. The molecule has 0 atom stereocenters. The number of carbonyl (C=O) groups excluding carboxylic acids is 1. The Balaban J connectivity index is 1.89. The molecule has 0 amide bonds. The lowest BCUT2D eigenvalue weighted by molar-refractivity contribution is -0.112. The first-order valence-corrected chi connectivity index (χ1v) is 5.80. The predicted octanol–water partition coefficient (Wildman–Crippen LogP) is 1.68. The second-order valence-electron chi connectivity index (χ2n) is 4.49. The number of nitrogens with two attached hydrogens (primary N) is 1. The number of piperidine rings is 1. The molecule has 0 unspecified atom stereocenters. The molecule has 2 N–H and O–H groups in total. The summed E-state index contributed by atoms with van der Waals surface area (Å²) in [5, 5.41) is 0. The minimum atomic E-state index is 0.275. The van der Waals surface area contributed by atoms with Gasteiger partial charge in [0.15, 0.2) is 0 Å². The molecule has 0 aliphatic carbocycles. The topological polar surface area (TPSA) is 46.3 Å². The van der Waals surface area contributed by atoms with Crippen molar-refractivity contribution < 1.29 is 4.79 Å². The zero-order chi connectivity index (χ0) is 11.4. The Bertz CT molecular complexity index is 357. The van der Waals surface area contributed by atoms with Crippen LogP contribution in [0.25, 0.3) is 0 Å². The van der Waals surface area contributed by atoms with E-state index in [1.54, 1.807) is 0 Å². The van der Waals surface area contributed by atoms with Crippen molar-refractivity contribution in [3.63, 3.8) is 0 Å². The predicted molar refractivity (Wildman–Crippen MR) is 64.9 cm³/mol. The van der Waals surface area contributed by atoms with Gasteiger partial charge in [-0.25, -0.2) is 0 Å². The molecule has 1 aromatic rings. The van der Waals surface area contributed by atoms with Gasteiger partial charge in [-0.3, -0.25) is 4.90 Å². The third-order valence-electron chi connectivity index (χ3n) is 3.18. The molecule has 0 saturated carbocycles. The summed E-state index contributed by atoms with van der Waals surface area (Å²) in [6, 6.07) is 8.01. The Hall–Kier alpha value is -1.35. The molecule has 0 spiro atoms. The van der Waals surface area contributed by atoms with Gasteiger partial charge in [-0.1, -0.05) is 12.1 Å². The van der Waals surface area contributed by atoms with Gasteiger partial charge >= 0.3 is 0 Å². The highest BCUT2D eigenvalue weighted by Gasteiger charge is 2.18. The number of rotatable bonds is 3. The second-order valence-corrected chi connectivity index (χ2v) is 4.49. The van der Waals surface area contributed by atoms with Crippen LogP contribution in [0.2, 0.25) is 0 Å². The molecule has 3 nitrogen and oxygen atoms in total. The number of hydrogen-bond acceptors (Lipinski definition) is 3. The van der Waals surface area contributed by atoms with Gasteiger partial charge in [0.05, 0.1) is 0 Å². The summed E-state index contributed by atoms with van der Waals surface area (Å²) in [6.07, 6.45) is 3.08. The van der Waals surface area contributed by atoms with Crippen LogP contribution in [-0.4, -0.2) is 24.3 Å². The average Bonchev–Trinajstić information content (AvgIpc) is 2.30. The van der Waals surface area contributed by atoms with E-state index in [1.165, 1.54) is 5.56 Å². The van der Waals surface area contributed by atoms with Gasteiger partial charge < -0.3 is 10.5 Å². The van der Waals surface area contributed by atoms with Crippen LogP contribution in [0.1, 0.15) is 18.4 Å². The van der Waals surface area contributed by atoms with Crippen LogP contribution >= 0.6 is 0 Å². The van der Waals surface area contributed by atoms with E-state index in [9.17, 15) is 4.79 Å². The van der Waals surface area contributed by atoms with Crippen molar-refractivity contribution in [2.45, 2.75) is 19.4 Å². The normalized spacial score (nSPS) is 18.5. The van der Waals surface area contributed by atoms with Gasteiger partial charge in [0.25, 0.3) is 0 Å². The van der Waals surface area contributed by atoms with Crippen LogP contribution < -0.4 is 5.73 Å². The fraction of sp³-hybridized carbons (Fsp3) is 0.462. The molecule has 1 aliphatic rings. The fourth-order valence-electron chi connectivity index (χ4n) is 2.20. The molecule has 2 rings (SSSR count). The quantitative estimate of drug-likeness (QED) is 0.620. The number of likely N-dealkylation sites (tertiary alicyclic amines) is 1. The fourth-order valence-corrected chi connectivity index (χ4v) is 2.20. The minimum absolute atomic E-state index is 0.275. The first-order valence-electron chi connectivity index (χ1n) is 5.80. The summed E-state index contributed by atoms with van der Waals surface area (Å²) in [5.41, 5.74) is 7.82. The summed E-state index contributed by atoms with van der Waals surface area (Å²) in [6.45, 7) is 2.97. The van der Waals surface area contributed by atoms with Crippen LogP contribution in [0.5, 0.6) is 0 Å². The SMILES string of the molecule is Nc1cccc(CN2CCC(C=O)CC2)c1. The van der Waals surface area contributed by atoms with E-state index in [0.717, 1.165) is 44.4 Å². The van der Waals surface area contributed by atoms with Crippen molar-refractivity contribution in [1.82, 2.24) is 4.90 Å². The first kappa shape index (κ1) is 11.1. The maximum absolute atomic E-state index is 10.6. The lowest BCUT2D eigenvalue weighted by Crippen LogP contribution is -2.33. The summed E-state index contributed by atoms with van der Waals surface area (Å²) < 4.78 is 0. The molecule has 86 valence electrons. The monoisotopic (exact) mass is 218 g/mol. The van der Waals surface area contributed by atoms with Crippen LogP contribution in [-0.2, 0) is 11.3 Å². The maximum atomic E-state index is 10.6. The number of anilines is 1. The van der Waals surface area contributed by atoms with Gasteiger partial charge in [0, 0.05) is 18.2 Å². The number of nitrogen functional groups attached to an aromatic ring is 1. The molecule has 0 bridgehead atoms. The number of nitrogens with zero attached hydrogens (tertiary/aromatic N) is 1. The first-order chi connectivity index (χ1) is 7.78. The smallest absolute Gasteiger partial charge is 0.123 e. The van der Waals surface area contributed by atoms with Gasteiger partial charge in [0.1, 0.15) is 6.29 Å². The summed E-state index contributed by atoms with van der Waals surface area (Å²) in [7, 11) is 0. The van der Waals surface area contributed by atoms with Crippen molar-refractivity contribution in [2.75, 3.05) is 18.8 Å². The standard InChI is InChI=1S/C13H18N2O/c14-13-3-1-2-12(8-13)9-15-6-4-11(10-16)5-7-15/h1-3,8,10-11H,4-7,9,14H2. The van der Waals surface area contributed by atoms with E-state index in [1.807, 2.05) is 18.2 Å². The van der Waals surface area contributed by atoms with Gasteiger partial charge in [0.2, 0.25) is 0 Å². The van der Waals surface area contributed by atoms with Gasteiger partial charge in [-0.2, -0.15) is 0 Å². The number of benzene rings is 1. The zero-order valence-electron chi connectivity index (χ0n) is 9.43. The minimum Gasteiger partial charge on any atom is -0.399 e. The Morgan fingerprint density at radius 3 is 2.75 bits per heavy atom. The highest BCUT2D eigenvalue weighted by molar-refractivity contribution is 5.53. The van der Waals surface area contributed by atoms with E-state index in [2.05, 4.69) is 11.0 Å². The number of aldehydes is 1. The van der Waals surface area contributed by atoms with Crippen molar-refractivity contribution in [3.8, 4) is 0 Å². The van der Waals surface area contributed by atoms with Crippen LogP contribution in [0.3, 0.4) is 0 Å². The lowest BCUT2D eigenvalue weighted by atomic mass is 9.98. The van der Waals surface area contributed by atoms with E-state index in [-0.39, 0.29) is 5.92 Å². The largest absolute Gasteiger partial charge is 0.399 e. The molecule has 1 heterocycles. The Morgan fingerprint density at radius 1 is 1.38 bits per heavy atom. The van der Waals surface area contributed by atoms with Crippen molar-refractivity contribution in [2.24, 2.45) is 5.92 Å². The van der Waals surface area contributed by atoms with Crippen LogP contribution in [0, 0.1) is 5.92 Å². The molecule has 3 heteroatoms. The molecular weight excluding hydrogens is 200 g/mol. The van der Waals surface area contributed by atoms with E-state index in [4.69, 9.17) is 5.73 Å². The average molecular weight is 218 g/mol. The van der Waals surface area contributed by atoms with Gasteiger partial charge in [-0.15, -0.1) is 0 Å². The van der Waals surface area contributed by atoms with Gasteiger partial charge in [-0.05, 0) is 43.6 Å². The third kappa shape index (κ3) is 2.83. The van der Waals surface area contributed by atoms with E-state index >= 15 is 0 Å². The second kappa shape index (κ2) is 5.12. The Morgan fingerprint density at radius 2 is 2.12 bits per heavy atom. The highest BCUT2D eigenvalue weighted by Crippen LogP contribution is 2.17. The van der Waals surface area contributed by atoms with E-state index < -0.39 is 0 Å². The van der Waals surface area contributed by atoms with Crippen molar-refractivity contribution >= 4 is 12.0 Å². The maximum Gasteiger partial charge on any atom is 0.123 e. The molecule has 1 aromatic carbocycles. The molecule has 1 saturated heterocycles. The Labute approximate surface area is 96.2 Å². The molecule has 1 fully saturated rings. The molecule has 0 radical (unpaired) electrons.